The molecule has 0 radical (unpaired) electrons. The van der Waals surface area contributed by atoms with E-state index in [0.717, 1.165) is 26.5 Å². The van der Waals surface area contributed by atoms with Crippen molar-refractivity contribution in [3.05, 3.63) is 29.3 Å². The Labute approximate surface area is 219 Å². The summed E-state index contributed by atoms with van der Waals surface area (Å²) in [4.78, 5) is 52.8. The Balaban J connectivity index is 1.86. The molecule has 1 N–H and O–H groups in total. The molecule has 3 rings (SSSR count). The number of nitrogens with zero attached hydrogens (tertiary/aromatic N) is 2. The van der Waals surface area contributed by atoms with Crippen LogP contribution < -0.4 is 4.90 Å². The number of hydrogen-bond acceptors (Lipinski definition) is 11. The molecule has 1 aromatic carbocycles. The van der Waals surface area contributed by atoms with Gasteiger partial charge in [-0.3, -0.25) is 19.2 Å². The van der Waals surface area contributed by atoms with Crippen LogP contribution in [0.25, 0.3) is 0 Å². The van der Waals surface area contributed by atoms with Crippen LogP contribution in [-0.4, -0.2) is 97.0 Å². The highest BCUT2D eigenvalue weighted by Gasteiger charge is 2.55. The number of benzene rings is 1. The Bertz CT molecular complexity index is 980. The molecule has 2 aliphatic heterocycles. The Hall–Kier alpha value is -2.93. The molecule has 37 heavy (non-hydrogen) atoms. The first-order chi connectivity index (χ1) is 17.5. The van der Waals surface area contributed by atoms with Gasteiger partial charge in [0.2, 0.25) is 12.4 Å². The number of ether oxygens (including phenoxy) is 5. The maximum atomic E-state index is 13.6. The third kappa shape index (κ3) is 7.54. The van der Waals surface area contributed by atoms with Crippen LogP contribution in [0.3, 0.4) is 0 Å². The summed E-state index contributed by atoms with van der Waals surface area (Å²) in [5.74, 6) is -2.85. The fourth-order valence-electron chi connectivity index (χ4n) is 4.30. The molecule has 0 aliphatic carbocycles. The van der Waals surface area contributed by atoms with Crippen LogP contribution in [0.5, 0.6) is 0 Å². The van der Waals surface area contributed by atoms with Gasteiger partial charge in [-0.15, -0.1) is 0 Å². The number of piperazine rings is 1. The van der Waals surface area contributed by atoms with Crippen molar-refractivity contribution in [3.63, 3.8) is 0 Å². The van der Waals surface area contributed by atoms with E-state index in [1.165, 1.54) is 11.8 Å². The summed E-state index contributed by atoms with van der Waals surface area (Å²) in [6.45, 7) is 6.32. The summed E-state index contributed by atoms with van der Waals surface area (Å²) in [7, 11) is 0. The minimum absolute atomic E-state index is 0.326. The number of carbonyl (C=O) groups is 4. The largest absolute Gasteiger partial charge is 0.455 e. The average Bonchev–Trinajstić information content (AvgIpc) is 2.81. The number of aliphatic hydroxyl groups excluding tert-OH is 1. The molecule has 0 aromatic heterocycles. The minimum atomic E-state index is -1.57. The highest BCUT2D eigenvalue weighted by molar-refractivity contribution is 6.30. The van der Waals surface area contributed by atoms with E-state index in [1.807, 2.05) is 12.1 Å². The van der Waals surface area contributed by atoms with Crippen molar-refractivity contribution < 1.29 is 48.0 Å². The summed E-state index contributed by atoms with van der Waals surface area (Å²) >= 11 is 5.97. The molecular formula is C24H31ClN2O10. The molecule has 12 nitrogen and oxygen atoms in total. The lowest BCUT2D eigenvalue weighted by Crippen LogP contribution is -2.66. The lowest BCUT2D eigenvalue weighted by Gasteiger charge is -2.45. The van der Waals surface area contributed by atoms with Crippen LogP contribution in [0.2, 0.25) is 5.02 Å². The van der Waals surface area contributed by atoms with Crippen molar-refractivity contribution in [1.82, 2.24) is 4.90 Å². The van der Waals surface area contributed by atoms with Crippen LogP contribution in [0.1, 0.15) is 27.7 Å². The number of halogens is 1. The Morgan fingerprint density at radius 3 is 1.95 bits per heavy atom. The van der Waals surface area contributed by atoms with E-state index in [-0.39, 0.29) is 0 Å². The van der Waals surface area contributed by atoms with Gasteiger partial charge in [0, 0.05) is 57.7 Å². The molecule has 1 amide bonds. The van der Waals surface area contributed by atoms with E-state index < -0.39 is 60.8 Å². The predicted molar refractivity (Wildman–Crippen MR) is 128 cm³/mol. The van der Waals surface area contributed by atoms with Crippen LogP contribution in [0.4, 0.5) is 5.69 Å². The summed E-state index contributed by atoms with van der Waals surface area (Å²) in [5, 5.41) is 10.6. The van der Waals surface area contributed by atoms with Gasteiger partial charge in [-0.1, -0.05) is 11.6 Å². The molecule has 2 aliphatic rings. The van der Waals surface area contributed by atoms with E-state index in [4.69, 9.17) is 35.3 Å². The van der Waals surface area contributed by atoms with Crippen molar-refractivity contribution in [2.24, 2.45) is 0 Å². The SMILES string of the molecule is CC(=O)O[C@@H]1O[C@H](C(=O)N2CCN(c3ccc(Cl)cc3)CC2)[C@@H](OC(C)O)[C@H](OC(C)=O)[C@H]1OC(C)=O. The van der Waals surface area contributed by atoms with Gasteiger partial charge in [-0.2, -0.15) is 0 Å². The topological polar surface area (TPSA) is 141 Å². The summed E-state index contributed by atoms with van der Waals surface area (Å²) in [5.41, 5.74) is 0.954. The molecule has 2 saturated heterocycles. The van der Waals surface area contributed by atoms with Crippen molar-refractivity contribution >= 4 is 41.1 Å². The predicted octanol–water partition coefficient (Wildman–Crippen LogP) is 0.863. The third-order valence-electron chi connectivity index (χ3n) is 5.76. The first kappa shape index (κ1) is 28.6. The van der Waals surface area contributed by atoms with E-state index >= 15 is 0 Å². The minimum Gasteiger partial charge on any atom is -0.455 e. The monoisotopic (exact) mass is 542 g/mol. The fraction of sp³-hybridized carbons (Fsp3) is 0.583. The molecule has 6 atom stereocenters. The van der Waals surface area contributed by atoms with E-state index in [9.17, 15) is 24.3 Å². The zero-order valence-corrected chi connectivity index (χ0v) is 21.8. The maximum Gasteiger partial charge on any atom is 0.305 e. The maximum absolute atomic E-state index is 13.6. The number of esters is 3. The molecule has 0 bridgehead atoms. The highest BCUT2D eigenvalue weighted by Crippen LogP contribution is 2.31. The van der Waals surface area contributed by atoms with Crippen LogP contribution in [-0.2, 0) is 42.9 Å². The molecule has 1 aromatic rings. The van der Waals surface area contributed by atoms with Crippen LogP contribution in [0, 0.1) is 0 Å². The molecule has 2 heterocycles. The molecule has 2 fully saturated rings. The standard InChI is InChI=1S/C24H31ClN2O10/c1-13(28)33-19-20(34-14(2)29)22(35-15(3)30)24(36-16(4)31)37-21(19)23(32)27-11-9-26(10-12-27)18-7-5-17(25)6-8-18/h5-8,13,19-22,24,28H,9-12H2,1-4H3/t13?,19-,20-,21-,22+,24+/m0/s1. The van der Waals surface area contributed by atoms with Gasteiger partial charge in [0.25, 0.3) is 5.91 Å². The second kappa shape index (κ2) is 12.5. The molecular weight excluding hydrogens is 512 g/mol. The van der Waals surface area contributed by atoms with Crippen LogP contribution >= 0.6 is 11.6 Å². The van der Waals surface area contributed by atoms with E-state index in [0.29, 0.717) is 31.2 Å². The van der Waals surface area contributed by atoms with E-state index in [1.54, 1.807) is 12.1 Å². The van der Waals surface area contributed by atoms with Gasteiger partial charge in [0.15, 0.2) is 18.5 Å². The summed E-state index contributed by atoms with van der Waals surface area (Å²) in [6.07, 6.45) is -8.65. The van der Waals surface area contributed by atoms with Crippen molar-refractivity contribution in [2.75, 3.05) is 31.1 Å². The number of hydrogen-bond donors (Lipinski definition) is 1. The van der Waals surface area contributed by atoms with Crippen molar-refractivity contribution in [1.29, 1.82) is 0 Å². The Morgan fingerprint density at radius 1 is 0.892 bits per heavy atom. The quantitative estimate of drug-likeness (QED) is 0.298. The summed E-state index contributed by atoms with van der Waals surface area (Å²) < 4.78 is 27.2. The molecule has 13 heteroatoms. The summed E-state index contributed by atoms with van der Waals surface area (Å²) in [6, 6.07) is 7.34. The van der Waals surface area contributed by atoms with Crippen molar-refractivity contribution in [3.8, 4) is 0 Å². The average molecular weight is 543 g/mol. The highest BCUT2D eigenvalue weighted by atomic mass is 35.5. The van der Waals surface area contributed by atoms with Gasteiger partial charge < -0.3 is 38.6 Å². The second-order valence-corrected chi connectivity index (χ2v) is 9.11. The van der Waals surface area contributed by atoms with E-state index in [2.05, 4.69) is 4.90 Å². The molecule has 204 valence electrons. The number of rotatable bonds is 7. The Morgan fingerprint density at radius 2 is 1.43 bits per heavy atom. The first-order valence-electron chi connectivity index (χ1n) is 11.8. The number of aliphatic hydroxyl groups is 1. The fourth-order valence-corrected chi connectivity index (χ4v) is 4.43. The molecule has 1 unspecified atom stereocenters. The Kier molecular flexibility index (Phi) is 9.71. The van der Waals surface area contributed by atoms with Gasteiger partial charge in [-0.25, -0.2) is 0 Å². The lowest BCUT2D eigenvalue weighted by atomic mass is 9.96. The van der Waals surface area contributed by atoms with Gasteiger partial charge in [-0.05, 0) is 31.2 Å². The number of anilines is 1. The number of carbonyl (C=O) groups excluding carboxylic acids is 4. The number of amides is 1. The smallest absolute Gasteiger partial charge is 0.305 e. The lowest BCUT2D eigenvalue weighted by molar-refractivity contribution is -0.309. The normalized spacial score (nSPS) is 26.7. The van der Waals surface area contributed by atoms with Gasteiger partial charge >= 0.3 is 17.9 Å². The second-order valence-electron chi connectivity index (χ2n) is 8.67. The zero-order valence-electron chi connectivity index (χ0n) is 21.0. The zero-order chi connectivity index (χ0) is 27.3. The third-order valence-corrected chi connectivity index (χ3v) is 6.01. The van der Waals surface area contributed by atoms with Gasteiger partial charge in [0.1, 0.15) is 6.10 Å². The first-order valence-corrected chi connectivity index (χ1v) is 12.1. The molecule has 0 saturated carbocycles. The molecule has 0 spiro atoms. The van der Waals surface area contributed by atoms with Crippen molar-refractivity contribution in [2.45, 2.75) is 64.7 Å². The van der Waals surface area contributed by atoms with Gasteiger partial charge in [0.05, 0.1) is 0 Å². The van der Waals surface area contributed by atoms with Crippen LogP contribution in [0.15, 0.2) is 24.3 Å².